The van der Waals surface area contributed by atoms with Crippen LogP contribution >= 0.6 is 0 Å². The van der Waals surface area contributed by atoms with Crippen LogP contribution in [0.2, 0.25) is 0 Å². The molecular formula is C16H26N4. The molecule has 1 aromatic rings. The van der Waals surface area contributed by atoms with Crippen molar-refractivity contribution in [3.8, 4) is 6.07 Å². The molecule has 4 heteroatoms. The maximum atomic E-state index is 9.32. The minimum Gasteiger partial charge on any atom is -0.396 e. The highest BCUT2D eigenvalue weighted by molar-refractivity contribution is 5.68. The van der Waals surface area contributed by atoms with Crippen molar-refractivity contribution in [1.29, 1.82) is 5.26 Å². The molecule has 0 radical (unpaired) electrons. The first kappa shape index (κ1) is 14.8. The van der Waals surface area contributed by atoms with Crippen molar-refractivity contribution in [1.82, 2.24) is 4.57 Å². The third kappa shape index (κ3) is 3.27. The molecule has 2 rings (SSSR count). The zero-order valence-corrected chi connectivity index (χ0v) is 12.6. The van der Waals surface area contributed by atoms with Crippen LogP contribution in [0.4, 0.5) is 11.5 Å². The second-order valence-electron chi connectivity index (χ2n) is 5.68. The molecule has 0 spiro atoms. The van der Waals surface area contributed by atoms with Crippen LogP contribution in [0, 0.1) is 11.3 Å². The van der Waals surface area contributed by atoms with Gasteiger partial charge in [0.2, 0.25) is 0 Å². The highest BCUT2D eigenvalue weighted by Gasteiger charge is 2.19. The normalized spacial score (nSPS) is 15.9. The Balaban J connectivity index is 2.24. The molecule has 0 unspecified atom stereocenters. The average molecular weight is 274 g/mol. The highest BCUT2D eigenvalue weighted by Crippen LogP contribution is 2.30. The Morgan fingerprint density at radius 3 is 2.50 bits per heavy atom. The number of nitrogens with two attached hydrogens (primary N) is 1. The number of nitrogens with zero attached hydrogens (tertiary/aromatic N) is 3. The van der Waals surface area contributed by atoms with E-state index < -0.39 is 0 Å². The molecule has 0 saturated carbocycles. The summed E-state index contributed by atoms with van der Waals surface area (Å²) in [7, 11) is 0. The molecular weight excluding hydrogens is 248 g/mol. The van der Waals surface area contributed by atoms with Crippen molar-refractivity contribution in [3.05, 3.63) is 11.8 Å². The number of rotatable bonds is 5. The number of aromatic nitrogens is 1. The van der Waals surface area contributed by atoms with Gasteiger partial charge in [-0.3, -0.25) is 0 Å². The molecule has 1 aromatic heterocycles. The van der Waals surface area contributed by atoms with E-state index in [1.54, 1.807) is 0 Å². The third-order valence-electron chi connectivity index (χ3n) is 4.10. The largest absolute Gasteiger partial charge is 0.396 e. The maximum Gasteiger partial charge on any atom is 0.133 e. The fraction of sp³-hybridized carbons (Fsp3) is 0.688. The minimum absolute atomic E-state index is 0.706. The van der Waals surface area contributed by atoms with Gasteiger partial charge in [-0.2, -0.15) is 5.26 Å². The smallest absolute Gasteiger partial charge is 0.133 e. The average Bonchev–Trinajstić information content (AvgIpc) is 2.64. The van der Waals surface area contributed by atoms with Gasteiger partial charge in [0.1, 0.15) is 17.6 Å². The summed E-state index contributed by atoms with van der Waals surface area (Å²) >= 11 is 0. The molecule has 2 heterocycles. The van der Waals surface area contributed by atoms with Crippen molar-refractivity contribution in [3.63, 3.8) is 0 Å². The van der Waals surface area contributed by atoms with Gasteiger partial charge < -0.3 is 15.2 Å². The molecule has 110 valence electrons. The van der Waals surface area contributed by atoms with Crippen molar-refractivity contribution < 1.29 is 0 Å². The van der Waals surface area contributed by atoms with Gasteiger partial charge in [0.05, 0.1) is 5.69 Å². The fourth-order valence-electron chi connectivity index (χ4n) is 3.03. The van der Waals surface area contributed by atoms with Gasteiger partial charge >= 0.3 is 0 Å². The predicted molar refractivity (Wildman–Crippen MR) is 83.8 cm³/mol. The summed E-state index contributed by atoms with van der Waals surface area (Å²) in [6.07, 6.45) is 8.55. The molecule has 0 atom stereocenters. The zero-order valence-electron chi connectivity index (χ0n) is 12.6. The molecule has 1 aliphatic rings. The van der Waals surface area contributed by atoms with E-state index in [0.29, 0.717) is 5.69 Å². The van der Waals surface area contributed by atoms with Crippen molar-refractivity contribution >= 4 is 11.5 Å². The molecule has 2 N–H and O–H groups in total. The first-order valence-corrected chi connectivity index (χ1v) is 7.92. The summed E-state index contributed by atoms with van der Waals surface area (Å²) in [6.45, 7) is 5.23. The lowest BCUT2D eigenvalue weighted by molar-refractivity contribution is 0.591. The van der Waals surface area contributed by atoms with E-state index in [4.69, 9.17) is 5.73 Å². The van der Waals surface area contributed by atoms with Crippen LogP contribution in [0.25, 0.3) is 0 Å². The molecule has 0 amide bonds. The second kappa shape index (κ2) is 7.23. The molecule has 1 saturated heterocycles. The standard InChI is InChI=1S/C16H26N4/c1-2-3-6-11-20-14(13-17)12-15(18)16(20)19-9-7-4-5-8-10-19/h12H,2-11,18H2,1H3. The monoisotopic (exact) mass is 274 g/mol. The van der Waals surface area contributed by atoms with E-state index in [9.17, 15) is 5.26 Å². The number of nitrogen functional groups attached to an aromatic ring is 1. The van der Waals surface area contributed by atoms with Gasteiger partial charge in [-0.25, -0.2) is 0 Å². The number of anilines is 2. The van der Waals surface area contributed by atoms with Crippen molar-refractivity contribution in [2.24, 2.45) is 0 Å². The second-order valence-corrected chi connectivity index (χ2v) is 5.68. The van der Waals surface area contributed by atoms with Crippen LogP contribution < -0.4 is 10.6 Å². The van der Waals surface area contributed by atoms with Gasteiger partial charge in [-0.1, -0.05) is 32.6 Å². The summed E-state index contributed by atoms with van der Waals surface area (Å²) in [5, 5.41) is 9.32. The molecule has 1 fully saturated rings. The number of nitriles is 1. The first-order chi connectivity index (χ1) is 9.77. The van der Waals surface area contributed by atoms with E-state index >= 15 is 0 Å². The summed E-state index contributed by atoms with van der Waals surface area (Å²) < 4.78 is 2.14. The fourth-order valence-corrected chi connectivity index (χ4v) is 3.03. The van der Waals surface area contributed by atoms with Crippen LogP contribution in [-0.2, 0) is 6.54 Å². The van der Waals surface area contributed by atoms with Crippen molar-refractivity contribution in [2.45, 2.75) is 58.4 Å². The Bertz CT molecular complexity index is 462. The zero-order chi connectivity index (χ0) is 14.4. The Kier molecular flexibility index (Phi) is 5.34. The SMILES string of the molecule is CCCCCn1c(C#N)cc(N)c1N1CCCCCC1. The van der Waals surface area contributed by atoms with E-state index in [1.165, 1.54) is 38.5 Å². The number of hydrogen-bond acceptors (Lipinski definition) is 3. The summed E-state index contributed by atoms with van der Waals surface area (Å²) in [4.78, 5) is 2.38. The van der Waals surface area contributed by atoms with Crippen LogP contribution in [0.1, 0.15) is 57.6 Å². The lowest BCUT2D eigenvalue weighted by atomic mass is 10.2. The molecule has 0 aromatic carbocycles. The molecule has 20 heavy (non-hydrogen) atoms. The third-order valence-corrected chi connectivity index (χ3v) is 4.10. The van der Waals surface area contributed by atoms with Crippen LogP contribution in [0.15, 0.2) is 6.07 Å². The lowest BCUT2D eigenvalue weighted by Crippen LogP contribution is -2.27. The maximum absolute atomic E-state index is 9.32. The Morgan fingerprint density at radius 1 is 1.20 bits per heavy atom. The van der Waals surface area contributed by atoms with Crippen LogP contribution in [0.3, 0.4) is 0 Å². The quantitative estimate of drug-likeness (QED) is 0.836. The molecule has 0 aliphatic carbocycles. The summed E-state index contributed by atoms with van der Waals surface area (Å²) in [5.74, 6) is 1.08. The van der Waals surface area contributed by atoms with E-state index in [0.717, 1.165) is 37.6 Å². The van der Waals surface area contributed by atoms with Crippen molar-refractivity contribution in [2.75, 3.05) is 23.7 Å². The Hall–Kier alpha value is -1.63. The summed E-state index contributed by atoms with van der Waals surface area (Å²) in [5.41, 5.74) is 7.66. The first-order valence-electron chi connectivity index (χ1n) is 7.92. The number of hydrogen-bond donors (Lipinski definition) is 1. The topological polar surface area (TPSA) is 58.0 Å². The van der Waals surface area contributed by atoms with Gasteiger partial charge in [-0.05, 0) is 25.3 Å². The molecule has 0 bridgehead atoms. The van der Waals surface area contributed by atoms with Gasteiger partial charge in [0.25, 0.3) is 0 Å². The van der Waals surface area contributed by atoms with Gasteiger partial charge in [-0.15, -0.1) is 0 Å². The minimum atomic E-state index is 0.706. The van der Waals surface area contributed by atoms with Crippen LogP contribution in [-0.4, -0.2) is 17.7 Å². The van der Waals surface area contributed by atoms with E-state index in [1.807, 2.05) is 6.07 Å². The Morgan fingerprint density at radius 2 is 1.90 bits per heavy atom. The molecule has 1 aliphatic heterocycles. The van der Waals surface area contributed by atoms with Gasteiger partial charge in [0.15, 0.2) is 0 Å². The summed E-state index contributed by atoms with van der Waals surface area (Å²) in [6, 6.07) is 4.13. The van der Waals surface area contributed by atoms with Crippen LogP contribution in [0.5, 0.6) is 0 Å². The Labute approximate surface area is 122 Å². The predicted octanol–water partition coefficient (Wildman–Crippen LogP) is 3.51. The number of unbranched alkanes of at least 4 members (excludes halogenated alkanes) is 2. The van der Waals surface area contributed by atoms with E-state index in [2.05, 4.69) is 22.5 Å². The van der Waals surface area contributed by atoms with E-state index in [-0.39, 0.29) is 0 Å². The van der Waals surface area contributed by atoms with Gasteiger partial charge in [0, 0.05) is 19.6 Å². The lowest BCUT2D eigenvalue weighted by Gasteiger charge is -2.25. The molecule has 4 nitrogen and oxygen atoms in total. The highest BCUT2D eigenvalue weighted by atomic mass is 15.3.